The lowest BCUT2D eigenvalue weighted by molar-refractivity contribution is 0.243. The van der Waals surface area contributed by atoms with Gasteiger partial charge in [0.25, 0.3) is 0 Å². The maximum absolute atomic E-state index is 13.2. The van der Waals surface area contributed by atoms with Crippen molar-refractivity contribution in [3.05, 3.63) is 29.6 Å². The highest BCUT2D eigenvalue weighted by Gasteiger charge is 2.20. The predicted molar refractivity (Wildman–Crippen MR) is 81.0 cm³/mol. The highest BCUT2D eigenvalue weighted by molar-refractivity contribution is 7.89. The smallest absolute Gasteiger partial charge is 0.240 e. The summed E-state index contributed by atoms with van der Waals surface area (Å²) in [6.07, 6.45) is 1.37. The standard InChI is InChI=1S/C15H24FNO3S/c1-11(2)8-13(6-7-18)10-17-21(19,20)15-9-14(16)5-4-12(15)3/h4-5,9,11,13,17-18H,6-8,10H2,1-3H3. The lowest BCUT2D eigenvalue weighted by Gasteiger charge is -2.19. The van der Waals surface area contributed by atoms with Crippen LogP contribution in [0.2, 0.25) is 0 Å². The van der Waals surface area contributed by atoms with Crippen molar-refractivity contribution in [1.29, 1.82) is 0 Å². The first-order valence-electron chi connectivity index (χ1n) is 7.13. The number of nitrogens with one attached hydrogen (secondary N) is 1. The summed E-state index contributed by atoms with van der Waals surface area (Å²) in [5.41, 5.74) is 0.506. The molecule has 0 aliphatic rings. The van der Waals surface area contributed by atoms with Gasteiger partial charge in [0.2, 0.25) is 10.0 Å². The first kappa shape index (κ1) is 18.1. The van der Waals surface area contributed by atoms with Crippen molar-refractivity contribution in [3.8, 4) is 0 Å². The molecule has 0 aliphatic carbocycles. The minimum atomic E-state index is -3.73. The average Bonchev–Trinajstić information content (AvgIpc) is 2.38. The molecule has 1 aromatic rings. The highest BCUT2D eigenvalue weighted by atomic mass is 32.2. The van der Waals surface area contributed by atoms with E-state index in [4.69, 9.17) is 5.11 Å². The predicted octanol–water partition coefficient (Wildman–Crippen LogP) is 2.46. The summed E-state index contributed by atoms with van der Waals surface area (Å²) in [6, 6.07) is 3.71. The molecule has 0 saturated heterocycles. The van der Waals surface area contributed by atoms with Crippen LogP contribution in [0, 0.1) is 24.6 Å². The lowest BCUT2D eigenvalue weighted by Crippen LogP contribution is -2.31. The third-order valence-corrected chi connectivity index (χ3v) is 4.91. The van der Waals surface area contributed by atoms with Gasteiger partial charge in [-0.05, 0) is 49.3 Å². The zero-order valence-corrected chi connectivity index (χ0v) is 13.6. The van der Waals surface area contributed by atoms with E-state index in [0.717, 1.165) is 12.5 Å². The molecule has 0 radical (unpaired) electrons. The van der Waals surface area contributed by atoms with E-state index in [1.165, 1.54) is 12.1 Å². The van der Waals surface area contributed by atoms with Gasteiger partial charge in [-0.25, -0.2) is 17.5 Å². The normalized spacial score (nSPS) is 13.6. The minimum absolute atomic E-state index is 0.0259. The van der Waals surface area contributed by atoms with Gasteiger partial charge in [0.15, 0.2) is 0 Å². The van der Waals surface area contributed by atoms with Crippen molar-refractivity contribution in [1.82, 2.24) is 4.72 Å². The van der Waals surface area contributed by atoms with Crippen molar-refractivity contribution in [2.24, 2.45) is 11.8 Å². The lowest BCUT2D eigenvalue weighted by atomic mass is 9.95. The van der Waals surface area contributed by atoms with Gasteiger partial charge in [0, 0.05) is 13.2 Å². The van der Waals surface area contributed by atoms with Gasteiger partial charge < -0.3 is 5.11 Å². The quantitative estimate of drug-likeness (QED) is 0.774. The van der Waals surface area contributed by atoms with Gasteiger partial charge in [-0.15, -0.1) is 0 Å². The summed E-state index contributed by atoms with van der Waals surface area (Å²) in [5, 5.41) is 9.05. The molecule has 0 amide bonds. The molecule has 0 bridgehead atoms. The monoisotopic (exact) mass is 317 g/mol. The number of rotatable bonds is 8. The molecule has 0 heterocycles. The van der Waals surface area contributed by atoms with E-state index < -0.39 is 15.8 Å². The molecule has 120 valence electrons. The number of aryl methyl sites for hydroxylation is 1. The molecule has 6 heteroatoms. The number of aliphatic hydroxyl groups is 1. The number of halogens is 1. The molecule has 0 saturated carbocycles. The van der Waals surface area contributed by atoms with Crippen LogP contribution in [-0.2, 0) is 10.0 Å². The molecule has 2 N–H and O–H groups in total. The van der Waals surface area contributed by atoms with Crippen LogP contribution in [0.4, 0.5) is 4.39 Å². The molecule has 0 aliphatic heterocycles. The van der Waals surface area contributed by atoms with Gasteiger partial charge in [0.05, 0.1) is 4.90 Å². The van der Waals surface area contributed by atoms with E-state index in [1.54, 1.807) is 6.92 Å². The Kier molecular flexibility index (Phi) is 6.77. The van der Waals surface area contributed by atoms with Crippen LogP contribution in [0.3, 0.4) is 0 Å². The number of hydrogen-bond acceptors (Lipinski definition) is 3. The maximum Gasteiger partial charge on any atom is 0.240 e. The molecule has 1 unspecified atom stereocenters. The molecule has 0 fully saturated rings. The number of sulfonamides is 1. The Balaban J connectivity index is 2.82. The largest absolute Gasteiger partial charge is 0.396 e. The van der Waals surface area contributed by atoms with Gasteiger partial charge in [-0.1, -0.05) is 19.9 Å². The molecular weight excluding hydrogens is 293 g/mol. The third kappa shape index (κ3) is 5.73. The number of benzene rings is 1. The molecule has 1 atom stereocenters. The van der Waals surface area contributed by atoms with Crippen molar-refractivity contribution < 1.29 is 17.9 Å². The summed E-state index contributed by atoms with van der Waals surface area (Å²) in [7, 11) is -3.73. The topological polar surface area (TPSA) is 66.4 Å². The van der Waals surface area contributed by atoms with Crippen molar-refractivity contribution >= 4 is 10.0 Å². The van der Waals surface area contributed by atoms with E-state index >= 15 is 0 Å². The van der Waals surface area contributed by atoms with Crippen LogP contribution in [0.15, 0.2) is 23.1 Å². The Bertz CT molecular complexity index is 558. The van der Waals surface area contributed by atoms with E-state index in [9.17, 15) is 12.8 Å². The molecule has 21 heavy (non-hydrogen) atoms. The summed E-state index contributed by atoms with van der Waals surface area (Å²) in [6.45, 7) is 6.01. The Morgan fingerprint density at radius 2 is 2.00 bits per heavy atom. The van der Waals surface area contributed by atoms with E-state index in [-0.39, 0.29) is 24.0 Å². The van der Waals surface area contributed by atoms with Gasteiger partial charge in [-0.2, -0.15) is 0 Å². The van der Waals surface area contributed by atoms with Crippen LogP contribution in [0.5, 0.6) is 0 Å². The van der Waals surface area contributed by atoms with Crippen LogP contribution in [-0.4, -0.2) is 26.7 Å². The fourth-order valence-corrected chi connectivity index (χ4v) is 3.69. The Hall–Kier alpha value is -0.980. The maximum atomic E-state index is 13.2. The average molecular weight is 317 g/mol. The van der Waals surface area contributed by atoms with Gasteiger partial charge in [-0.3, -0.25) is 0 Å². The summed E-state index contributed by atoms with van der Waals surface area (Å²) in [5.74, 6) is -0.0873. The van der Waals surface area contributed by atoms with Crippen LogP contribution in [0.25, 0.3) is 0 Å². The van der Waals surface area contributed by atoms with E-state index in [0.29, 0.717) is 17.9 Å². The SMILES string of the molecule is Cc1ccc(F)cc1S(=O)(=O)NCC(CCO)CC(C)C. The van der Waals surface area contributed by atoms with Gasteiger partial charge in [0.1, 0.15) is 5.82 Å². The summed E-state index contributed by atoms with van der Waals surface area (Å²) < 4.78 is 40.3. The first-order valence-corrected chi connectivity index (χ1v) is 8.61. The molecule has 0 spiro atoms. The van der Waals surface area contributed by atoms with E-state index in [2.05, 4.69) is 18.6 Å². The molecule has 4 nitrogen and oxygen atoms in total. The molecule has 1 rings (SSSR count). The first-order chi connectivity index (χ1) is 9.76. The zero-order chi connectivity index (χ0) is 16.0. The zero-order valence-electron chi connectivity index (χ0n) is 12.8. The second-order valence-corrected chi connectivity index (χ2v) is 7.50. The molecule has 0 aromatic heterocycles. The minimum Gasteiger partial charge on any atom is -0.396 e. The fourth-order valence-electron chi connectivity index (χ4n) is 2.32. The molecular formula is C15H24FNO3S. The van der Waals surface area contributed by atoms with Crippen molar-refractivity contribution in [2.75, 3.05) is 13.2 Å². The third-order valence-electron chi connectivity index (χ3n) is 3.34. The Labute approximate surface area is 126 Å². The van der Waals surface area contributed by atoms with E-state index in [1.807, 2.05) is 0 Å². The molecule has 1 aromatic carbocycles. The van der Waals surface area contributed by atoms with Crippen LogP contribution < -0.4 is 4.72 Å². The van der Waals surface area contributed by atoms with Crippen molar-refractivity contribution in [3.63, 3.8) is 0 Å². The second kappa shape index (κ2) is 7.87. The highest BCUT2D eigenvalue weighted by Crippen LogP contribution is 2.18. The number of hydrogen-bond donors (Lipinski definition) is 2. The summed E-state index contributed by atoms with van der Waals surface area (Å²) in [4.78, 5) is -0.0326. The second-order valence-electron chi connectivity index (χ2n) is 5.77. The fraction of sp³-hybridized carbons (Fsp3) is 0.600. The van der Waals surface area contributed by atoms with Crippen LogP contribution in [0.1, 0.15) is 32.3 Å². The van der Waals surface area contributed by atoms with Gasteiger partial charge >= 0.3 is 0 Å². The summed E-state index contributed by atoms with van der Waals surface area (Å²) >= 11 is 0. The van der Waals surface area contributed by atoms with Crippen molar-refractivity contribution in [2.45, 2.75) is 38.5 Å². The Morgan fingerprint density at radius 3 is 2.57 bits per heavy atom. The number of aliphatic hydroxyl groups excluding tert-OH is 1. The van der Waals surface area contributed by atoms with Crippen LogP contribution >= 0.6 is 0 Å². The Morgan fingerprint density at radius 1 is 1.33 bits per heavy atom.